The first-order chi connectivity index (χ1) is 22.3. The molecule has 3 aromatic heterocycles. The van der Waals surface area contributed by atoms with Gasteiger partial charge < -0.3 is 4.74 Å². The van der Waals surface area contributed by atoms with E-state index in [2.05, 4.69) is 26.8 Å². The van der Waals surface area contributed by atoms with Gasteiger partial charge in [-0.3, -0.25) is 4.57 Å². The van der Waals surface area contributed by atoms with Gasteiger partial charge in [0.1, 0.15) is 17.3 Å². The Balaban J connectivity index is 1.32. The molecule has 7 rings (SSSR count). The number of benzene rings is 4. The third kappa shape index (κ3) is 4.79. The van der Waals surface area contributed by atoms with E-state index in [9.17, 15) is 17.6 Å². The van der Waals surface area contributed by atoms with Crippen LogP contribution in [-0.2, 0) is 12.8 Å². The van der Waals surface area contributed by atoms with Gasteiger partial charge in [0.15, 0.2) is 23.3 Å². The molecule has 0 unspecified atom stereocenters. The number of aryl methyl sites for hydroxylation is 2. The number of para-hydroxylation sites is 1. The number of halogens is 4. The first-order valence-electron chi connectivity index (χ1n) is 15.0. The largest absolute Gasteiger partial charge is 0.457 e. The van der Waals surface area contributed by atoms with Crippen LogP contribution in [-0.4, -0.2) is 19.3 Å². The number of ether oxygens (including phenoxy) is 1. The molecular weight excluding hydrogens is 592 g/mol. The first kappa shape index (κ1) is 29.3. The van der Waals surface area contributed by atoms with Gasteiger partial charge in [0.25, 0.3) is 0 Å². The molecule has 0 fully saturated rings. The lowest BCUT2D eigenvalue weighted by atomic mass is 9.98. The molecule has 0 atom stereocenters. The molecule has 0 aliphatic carbocycles. The molecule has 0 aliphatic rings. The van der Waals surface area contributed by atoms with Crippen molar-refractivity contribution in [2.45, 2.75) is 33.6 Å². The van der Waals surface area contributed by atoms with E-state index in [-0.39, 0.29) is 18.1 Å². The maximum atomic E-state index is 15.0. The molecule has 9 heteroatoms. The highest BCUT2D eigenvalue weighted by molar-refractivity contribution is 6.09. The molecule has 0 saturated carbocycles. The lowest BCUT2D eigenvalue weighted by Gasteiger charge is -2.12. The van der Waals surface area contributed by atoms with E-state index in [0.29, 0.717) is 35.0 Å². The number of hydrogen-bond acceptors (Lipinski definition) is 3. The third-order valence-corrected chi connectivity index (χ3v) is 8.16. The van der Waals surface area contributed by atoms with Crippen molar-refractivity contribution in [2.75, 3.05) is 0 Å². The molecule has 46 heavy (non-hydrogen) atoms. The van der Waals surface area contributed by atoms with Crippen LogP contribution in [0.3, 0.4) is 0 Å². The van der Waals surface area contributed by atoms with Crippen LogP contribution in [0.5, 0.6) is 11.5 Å². The second-order valence-electron chi connectivity index (χ2n) is 11.1. The van der Waals surface area contributed by atoms with E-state index < -0.39 is 28.8 Å². The summed E-state index contributed by atoms with van der Waals surface area (Å²) in [5, 5.41) is 6.77. The van der Waals surface area contributed by atoms with Gasteiger partial charge in [-0.25, -0.2) is 27.2 Å². The highest BCUT2D eigenvalue weighted by atomic mass is 19.2. The Morgan fingerprint density at radius 1 is 0.696 bits per heavy atom. The molecule has 0 spiro atoms. The summed E-state index contributed by atoms with van der Waals surface area (Å²) in [6.07, 6.45) is 2.37. The molecule has 3 heterocycles. The van der Waals surface area contributed by atoms with Crippen molar-refractivity contribution in [1.82, 2.24) is 19.3 Å². The van der Waals surface area contributed by atoms with E-state index in [4.69, 9.17) is 4.74 Å². The summed E-state index contributed by atoms with van der Waals surface area (Å²) in [4.78, 5) is 4.64. The molecule has 0 N–H and O–H groups in total. The Hall–Kier alpha value is -5.44. The molecule has 0 radical (unpaired) electrons. The zero-order valence-corrected chi connectivity index (χ0v) is 25.3. The maximum absolute atomic E-state index is 15.0. The molecular formula is C37H28F4N4O. The lowest BCUT2D eigenvalue weighted by Crippen LogP contribution is -2.04. The number of nitrogens with zero attached hydrogens (tertiary/aromatic N) is 4. The van der Waals surface area contributed by atoms with E-state index in [1.807, 2.05) is 49.4 Å². The minimum atomic E-state index is -1.46. The van der Waals surface area contributed by atoms with E-state index in [1.165, 1.54) is 0 Å². The van der Waals surface area contributed by atoms with E-state index in [0.717, 1.165) is 33.2 Å². The first-order valence-corrected chi connectivity index (χ1v) is 15.0. The van der Waals surface area contributed by atoms with Crippen LogP contribution in [0.2, 0.25) is 0 Å². The Labute approximate surface area is 262 Å². The van der Waals surface area contributed by atoms with Gasteiger partial charge in [-0.15, -0.1) is 0 Å². The zero-order valence-electron chi connectivity index (χ0n) is 25.3. The smallest absolute Gasteiger partial charge is 0.169 e. The fourth-order valence-corrected chi connectivity index (χ4v) is 6.09. The summed E-state index contributed by atoms with van der Waals surface area (Å²) >= 11 is 0. The zero-order chi connectivity index (χ0) is 32.1. The summed E-state index contributed by atoms with van der Waals surface area (Å²) in [6, 6.07) is 25.4. The second-order valence-corrected chi connectivity index (χ2v) is 11.1. The quantitative estimate of drug-likeness (QED) is 0.132. The normalized spacial score (nSPS) is 11.5. The van der Waals surface area contributed by atoms with Gasteiger partial charge in [-0.05, 0) is 67.8 Å². The fraction of sp³-hybridized carbons (Fsp3) is 0.135. The predicted octanol–water partition coefficient (Wildman–Crippen LogP) is 9.81. The van der Waals surface area contributed by atoms with Gasteiger partial charge in [0, 0.05) is 40.7 Å². The number of pyridine rings is 1. The van der Waals surface area contributed by atoms with Crippen LogP contribution in [0, 0.1) is 30.2 Å². The lowest BCUT2D eigenvalue weighted by molar-refractivity contribution is 0.458. The standard InChI is InChI=1S/C37H28F4N4O/c1-4-29-34(35-36(40)27(38)20-28(39)37(35)41)30(5-2)45(43-29)22-9-8-10-23(18-22)46-24-13-14-26-25-11-6-7-12-31(25)44(32(26)19-24)33-17-21(3)15-16-42-33/h6-20H,4-5H2,1-3H3. The van der Waals surface area contributed by atoms with Crippen LogP contribution in [0.15, 0.2) is 91.1 Å². The topological polar surface area (TPSA) is 44.9 Å². The number of fused-ring (bicyclic) bond motifs is 3. The fourth-order valence-electron chi connectivity index (χ4n) is 6.09. The van der Waals surface area contributed by atoms with Crippen molar-refractivity contribution >= 4 is 21.8 Å². The van der Waals surface area contributed by atoms with E-state index in [1.54, 1.807) is 49.0 Å². The van der Waals surface area contributed by atoms with Crippen LogP contribution >= 0.6 is 0 Å². The van der Waals surface area contributed by atoms with Crippen molar-refractivity contribution < 1.29 is 22.3 Å². The minimum absolute atomic E-state index is 0.0489. The molecule has 0 bridgehead atoms. The Morgan fingerprint density at radius 3 is 2.17 bits per heavy atom. The SMILES string of the molecule is CCc1nn(-c2cccc(Oc3ccc4c5ccccc5n(-c5cc(C)ccn5)c4c3)c2)c(CC)c1-c1c(F)c(F)cc(F)c1F. The van der Waals surface area contributed by atoms with Crippen molar-refractivity contribution in [1.29, 1.82) is 0 Å². The second kappa shape index (κ2) is 11.5. The molecule has 4 aromatic carbocycles. The molecule has 5 nitrogen and oxygen atoms in total. The molecule has 0 saturated heterocycles. The van der Waals surface area contributed by atoms with Crippen LogP contribution in [0.25, 0.3) is 44.4 Å². The number of hydrogen-bond donors (Lipinski definition) is 0. The highest BCUT2D eigenvalue weighted by Crippen LogP contribution is 2.38. The minimum Gasteiger partial charge on any atom is -0.457 e. The van der Waals surface area contributed by atoms with Crippen molar-refractivity contribution in [3.05, 3.63) is 131 Å². The Morgan fingerprint density at radius 2 is 1.43 bits per heavy atom. The van der Waals surface area contributed by atoms with Gasteiger partial charge in [-0.2, -0.15) is 5.10 Å². The van der Waals surface area contributed by atoms with E-state index >= 15 is 0 Å². The molecule has 0 aliphatic heterocycles. The number of aromatic nitrogens is 4. The van der Waals surface area contributed by atoms with Gasteiger partial charge in [0.05, 0.1) is 33.7 Å². The van der Waals surface area contributed by atoms with Crippen molar-refractivity contribution in [3.63, 3.8) is 0 Å². The average molecular weight is 621 g/mol. The maximum Gasteiger partial charge on any atom is 0.169 e. The predicted molar refractivity (Wildman–Crippen MR) is 171 cm³/mol. The van der Waals surface area contributed by atoms with Crippen LogP contribution in [0.1, 0.15) is 30.8 Å². The number of rotatable bonds is 7. The summed E-state index contributed by atoms with van der Waals surface area (Å²) in [7, 11) is 0. The summed E-state index contributed by atoms with van der Waals surface area (Å²) in [6.45, 7) is 5.59. The summed E-state index contributed by atoms with van der Waals surface area (Å²) < 4.78 is 68.4. The Kier molecular flexibility index (Phi) is 7.31. The monoisotopic (exact) mass is 620 g/mol. The van der Waals surface area contributed by atoms with Gasteiger partial charge >= 0.3 is 0 Å². The van der Waals surface area contributed by atoms with Gasteiger partial charge in [0.2, 0.25) is 0 Å². The third-order valence-electron chi connectivity index (χ3n) is 8.16. The molecule has 230 valence electrons. The highest BCUT2D eigenvalue weighted by Gasteiger charge is 2.28. The Bertz CT molecular complexity index is 2260. The van der Waals surface area contributed by atoms with Crippen molar-refractivity contribution in [2.24, 2.45) is 0 Å². The average Bonchev–Trinajstić information content (AvgIpc) is 3.59. The van der Waals surface area contributed by atoms with Crippen LogP contribution in [0.4, 0.5) is 17.6 Å². The molecule has 7 aromatic rings. The van der Waals surface area contributed by atoms with Crippen LogP contribution < -0.4 is 4.74 Å². The summed E-state index contributed by atoms with van der Waals surface area (Å²) in [5.74, 6) is -3.94. The van der Waals surface area contributed by atoms with Crippen molar-refractivity contribution in [3.8, 4) is 34.1 Å². The molecule has 0 amide bonds. The summed E-state index contributed by atoms with van der Waals surface area (Å²) in [5.41, 5.74) is 3.62. The van der Waals surface area contributed by atoms with Gasteiger partial charge in [-0.1, -0.05) is 38.1 Å².